The molecule has 5 heterocycles. The van der Waals surface area contributed by atoms with Gasteiger partial charge >= 0.3 is 0 Å². The molecule has 29 aliphatic rings. The molecule has 0 bridgehead atoms. The van der Waals surface area contributed by atoms with Gasteiger partial charge in [-0.1, -0.05) is 112 Å². The molecular formula is C122H184F4O15. The van der Waals surface area contributed by atoms with Crippen molar-refractivity contribution < 1.29 is 89.5 Å². The van der Waals surface area contributed by atoms with Crippen LogP contribution in [0.25, 0.3) is 0 Å². The Morgan fingerprint density at radius 3 is 1.15 bits per heavy atom. The van der Waals surface area contributed by atoms with E-state index in [1.807, 2.05) is 5.57 Å². The lowest BCUT2D eigenvalue weighted by Gasteiger charge is -2.58. The van der Waals surface area contributed by atoms with Gasteiger partial charge in [0, 0.05) is 121 Å². The molecule has 0 radical (unpaired) electrons. The van der Waals surface area contributed by atoms with E-state index in [9.17, 15) is 24.6 Å². The Kier molecular flexibility index (Phi) is 26.6. The van der Waals surface area contributed by atoms with Crippen LogP contribution in [0.4, 0.5) is 17.6 Å². The number of rotatable bonds is 0. The van der Waals surface area contributed by atoms with Crippen molar-refractivity contribution in [1.29, 1.82) is 0 Å². The first-order valence-electron chi connectivity index (χ1n) is 60.0. The summed E-state index contributed by atoms with van der Waals surface area (Å²) in [5, 5.41) is 20.8. The maximum Gasteiger partial charge on any atom is 0.251 e. The van der Waals surface area contributed by atoms with Gasteiger partial charge < -0.3 is 57.6 Å². The van der Waals surface area contributed by atoms with Crippen LogP contribution in [0.5, 0.6) is 0 Å². The largest absolute Gasteiger partial charge is 0.393 e. The van der Waals surface area contributed by atoms with Crippen LogP contribution in [-0.2, 0) is 61.8 Å². The van der Waals surface area contributed by atoms with Crippen LogP contribution < -0.4 is 0 Å². The lowest BCUT2D eigenvalue weighted by Crippen LogP contribution is -2.58. The number of hydrogen-bond donors (Lipinski definition) is 2. The van der Waals surface area contributed by atoms with E-state index in [0.717, 1.165) is 264 Å². The fourth-order valence-corrected chi connectivity index (χ4v) is 44.4. The monoisotopic (exact) mass is 1970 g/mol. The predicted molar refractivity (Wildman–Crippen MR) is 531 cm³/mol. The summed E-state index contributed by atoms with van der Waals surface area (Å²) in [6.07, 6.45) is 55.6. The Balaban J connectivity index is 0.0000000917. The maximum atomic E-state index is 15.2. The van der Waals surface area contributed by atoms with Crippen LogP contribution in [0.2, 0.25) is 0 Å². The zero-order valence-corrected chi connectivity index (χ0v) is 88.5. The summed E-state index contributed by atoms with van der Waals surface area (Å²) in [4.78, 5) is 37.1. The Labute approximate surface area is 843 Å². The molecule has 29 rings (SSSR count). The van der Waals surface area contributed by atoms with Crippen molar-refractivity contribution in [3.05, 3.63) is 23.3 Å². The summed E-state index contributed by atoms with van der Waals surface area (Å²) < 4.78 is 122. The number of carbonyl (C=O) groups is 3. The molecule has 15 nitrogen and oxygen atoms in total. The van der Waals surface area contributed by atoms with Crippen LogP contribution >= 0.6 is 0 Å². The maximum absolute atomic E-state index is 15.2. The summed E-state index contributed by atoms with van der Waals surface area (Å²) in [6.45, 7) is 30.6. The highest BCUT2D eigenvalue weighted by Gasteiger charge is 2.75. The minimum Gasteiger partial charge on any atom is -0.393 e. The number of ketones is 3. The van der Waals surface area contributed by atoms with E-state index < -0.39 is 29.3 Å². The highest BCUT2D eigenvalue weighted by molar-refractivity contribution is 5.87. The lowest BCUT2D eigenvalue weighted by molar-refractivity contribution is -0.256. The smallest absolute Gasteiger partial charge is 0.251 e. The summed E-state index contributed by atoms with van der Waals surface area (Å²) >= 11 is 0. The van der Waals surface area contributed by atoms with Crippen LogP contribution in [0.1, 0.15) is 377 Å². The van der Waals surface area contributed by atoms with E-state index >= 15 is 17.6 Å². The van der Waals surface area contributed by atoms with Crippen molar-refractivity contribution in [3.8, 4) is 0 Å². The van der Waals surface area contributed by atoms with Gasteiger partial charge in [0.1, 0.15) is 17.3 Å². The first kappa shape index (κ1) is 101. The molecule has 790 valence electrons. The van der Waals surface area contributed by atoms with Crippen LogP contribution in [-0.4, -0.2) is 147 Å². The number of Topliss-reactive ketones (excluding diaryl/α,β-unsaturated/α-hetero) is 3. The van der Waals surface area contributed by atoms with Crippen molar-refractivity contribution in [2.24, 2.45) is 222 Å². The summed E-state index contributed by atoms with van der Waals surface area (Å²) in [6, 6.07) is 0. The number of fused-ring (bicyclic) bond motifs is 35. The topological polar surface area (TPSA) is 184 Å². The van der Waals surface area contributed by atoms with Gasteiger partial charge in [0.2, 0.25) is 0 Å². The van der Waals surface area contributed by atoms with Crippen LogP contribution in [0.15, 0.2) is 23.3 Å². The second-order valence-corrected chi connectivity index (χ2v) is 56.4. The number of hydrogen-bond acceptors (Lipinski definition) is 15. The third-order valence-electron chi connectivity index (χ3n) is 51.2. The lowest BCUT2D eigenvalue weighted by atomic mass is 9.49. The Morgan fingerprint density at radius 1 is 0.277 bits per heavy atom. The van der Waals surface area contributed by atoms with Crippen molar-refractivity contribution in [1.82, 2.24) is 0 Å². The van der Waals surface area contributed by atoms with Gasteiger partial charge in [-0.3, -0.25) is 14.4 Å². The molecule has 0 aromatic rings. The summed E-state index contributed by atoms with van der Waals surface area (Å²) in [5.74, 6) is 11.0. The van der Waals surface area contributed by atoms with E-state index in [0.29, 0.717) is 122 Å². The van der Waals surface area contributed by atoms with Gasteiger partial charge in [0.25, 0.3) is 11.8 Å². The van der Waals surface area contributed by atoms with Gasteiger partial charge in [0.15, 0.2) is 28.9 Å². The van der Waals surface area contributed by atoms with E-state index in [1.165, 1.54) is 134 Å². The summed E-state index contributed by atoms with van der Waals surface area (Å²) in [7, 11) is 0. The standard InChI is InChI=1S/C21H32F2O2.C21H34O3.C21H32O3.C21H32O2.C20H28F2O3.C18H26O2/c1-13-3-4-15-14-5-7-19(2)17(6-8-21(19)24-9-10-25-21)16(14)12-20(22,23)18(15)11-13;2*1-13-3-4-14-15-5-7-20(2)18(6-8-21(20)23-9-10-24-21)16(15)12-19(22)17(14)11-13;1-14-3-5-16-15(13-14)4-6-18-17(16)7-9-20(2)19(18)8-10-21(20)22-11-12-23-21;1-18-6-4-13-14-3-2-12(23)10-17(14)19(21,22)11-15(13)16(18)5-7-20(18)24-8-9-25-20;1-18-9-8-14-13-5-3-12(19)10-11(13)2-4-15(14)16(18)6-7-17(18)20/h13-18H,3-12H2,1-2H3;13-19,22H,3-12H2,1-2H3;13-18H,3-12H2,1-2H3;4,14,16-19H,3,5-13H2,1-2H3;13-17H,2-11H2,1H3;2,12-16,19H,3-10H2,1H3/t13-,14+,15+,16+,17-,18?,19-;13-,14+,15+,16+,17?,18-,19?,20-;13-,14+,15+,16+,17?,18-,20-;14-,16-,17+,18+,19-,20-;13-,14-,15-,16+,17?,18+;12-,13-,14+,15+,16-,18-/m000010/s1. The first-order chi connectivity index (χ1) is 67.5. The fourth-order valence-electron chi connectivity index (χ4n) is 44.4. The summed E-state index contributed by atoms with van der Waals surface area (Å²) in [5.41, 5.74) is 3.71. The van der Waals surface area contributed by atoms with E-state index in [1.54, 1.807) is 0 Å². The molecule has 0 aromatic heterocycles. The molecule has 5 saturated heterocycles. The zero-order valence-electron chi connectivity index (χ0n) is 88.5. The van der Waals surface area contributed by atoms with Gasteiger partial charge in [0.05, 0.1) is 78.3 Å². The fraction of sp³-hybridized carbons (Fsp3) is 0.943. The van der Waals surface area contributed by atoms with E-state index in [-0.39, 0.29) is 123 Å². The van der Waals surface area contributed by atoms with Gasteiger partial charge in [-0.2, -0.15) is 0 Å². The number of halogens is 4. The Morgan fingerprint density at radius 2 is 0.645 bits per heavy atom. The van der Waals surface area contributed by atoms with Crippen LogP contribution in [0.3, 0.4) is 0 Å². The van der Waals surface area contributed by atoms with E-state index in [4.69, 9.17) is 47.4 Å². The molecular weight excluding hydrogens is 1780 g/mol. The number of aliphatic hydroxyl groups is 2. The molecule has 2 N–H and O–H groups in total. The quantitative estimate of drug-likeness (QED) is 0.172. The normalized spacial score (nSPS) is 52.4. The molecule has 22 saturated carbocycles. The van der Waals surface area contributed by atoms with Crippen molar-refractivity contribution in [2.75, 3.05) is 66.1 Å². The molecule has 5 spiro atoms. The van der Waals surface area contributed by atoms with Crippen molar-refractivity contribution in [2.45, 2.75) is 430 Å². The second kappa shape index (κ2) is 37.3. The average molecular weight is 1970 g/mol. The molecule has 27 fully saturated rings. The molecule has 24 aliphatic carbocycles. The zero-order chi connectivity index (χ0) is 97.5. The predicted octanol–water partition coefficient (Wildman–Crippen LogP) is 26.1. The van der Waals surface area contributed by atoms with Gasteiger partial charge in [-0.05, 0) is 390 Å². The second-order valence-electron chi connectivity index (χ2n) is 56.4. The number of alkyl halides is 4. The van der Waals surface area contributed by atoms with E-state index in [2.05, 4.69) is 81.4 Å². The molecule has 5 aliphatic heterocycles. The number of aliphatic hydroxyl groups excluding tert-OH is 2. The third-order valence-corrected chi connectivity index (χ3v) is 51.2. The molecule has 40 atom stereocenters. The molecule has 19 heteroatoms. The number of allylic oxidation sites excluding steroid dienone is 3. The highest BCUT2D eigenvalue weighted by Crippen LogP contribution is 2.76. The number of carbonyl (C=O) groups excluding carboxylic acids is 3. The molecule has 5 unspecified atom stereocenters. The number of ether oxygens (including phenoxy) is 10. The highest BCUT2D eigenvalue weighted by atomic mass is 19.3. The van der Waals surface area contributed by atoms with Crippen molar-refractivity contribution in [3.63, 3.8) is 0 Å². The molecule has 0 amide bonds. The SMILES string of the molecule is C[C@H]1CC[C@H]2C(=CC[C@@H]3[C@@H]2CC[C@@]2(C)[C@H]3CCC23OCCO3)C1.C[C@H]1CC[C@H]2C(C1)C(=O)C[C@@H]1[C@@H]2CC[C@@]2(C)[C@H]1CCC21OCCO1.C[C@H]1CC[C@H]2C(C1)C(F)(F)C[C@@H]1[C@@H]2CC[C@@]2(C)[C@H]1CCC21OCCO1.C[C@H]1CC[C@H]2C(C1)C(O)C[C@@H]1[C@@H]2CC[C@@]2(C)[C@H]1CCC21OCCO1.C[C@]12CC[C@H]3[C@@H](CC(F)(F)C4CC(=O)CC[C@@H]43)[C@@H]1CCC21OCCO1.C[C@]12CC[C@H]3[C@@H](CC=C4C[C@@H](O)CC[C@@H]43)[C@@H]1CCC2=O. The Hall–Kier alpha value is -2.27. The minimum atomic E-state index is -2.70. The average Bonchev–Trinajstić information content (AvgIpc) is 1.57. The minimum absolute atomic E-state index is 0.000685. The van der Waals surface area contributed by atoms with Gasteiger partial charge in [-0.15, -0.1) is 0 Å². The van der Waals surface area contributed by atoms with Gasteiger partial charge in [-0.25, -0.2) is 17.6 Å². The molecule has 0 aromatic carbocycles. The van der Waals surface area contributed by atoms with Crippen molar-refractivity contribution >= 4 is 17.3 Å². The van der Waals surface area contributed by atoms with Crippen LogP contribution in [0, 0.1) is 222 Å². The first-order valence-corrected chi connectivity index (χ1v) is 60.0. The third kappa shape index (κ3) is 16.0. The Bertz CT molecular complexity index is 4610. The molecule has 141 heavy (non-hydrogen) atoms.